The number of ether oxygens (including phenoxy) is 1. The predicted molar refractivity (Wildman–Crippen MR) is 67.0 cm³/mol. The lowest BCUT2D eigenvalue weighted by Gasteiger charge is -2.23. The molecule has 94 valence electrons. The summed E-state index contributed by atoms with van der Waals surface area (Å²) in [6.45, 7) is 3.88. The molecule has 0 aromatic heterocycles. The molecular weight excluding hydrogens is 217 g/mol. The molecule has 0 spiro atoms. The van der Waals surface area contributed by atoms with Gasteiger partial charge in [0.05, 0.1) is 7.11 Å². The Morgan fingerprint density at radius 3 is 2.94 bits per heavy atom. The third-order valence-electron chi connectivity index (χ3n) is 3.45. The Bertz CT molecular complexity index is 386. The summed E-state index contributed by atoms with van der Waals surface area (Å²) in [4.78, 5) is 0. The van der Waals surface area contributed by atoms with Crippen LogP contribution < -0.4 is 10.1 Å². The molecule has 1 aliphatic heterocycles. The molecule has 2 nitrogen and oxygen atoms in total. The van der Waals surface area contributed by atoms with E-state index in [1.54, 1.807) is 20.1 Å². The maximum atomic E-state index is 14.0. The average molecular weight is 237 g/mol. The number of nitrogens with one attached hydrogen (secondary N) is 1. The van der Waals surface area contributed by atoms with Crippen LogP contribution in [0.25, 0.3) is 0 Å². The summed E-state index contributed by atoms with van der Waals surface area (Å²) < 4.78 is 19.2. The first kappa shape index (κ1) is 12.4. The lowest BCUT2D eigenvalue weighted by molar-refractivity contribution is 0.369. The predicted octanol–water partition coefficient (Wildman–Crippen LogP) is 2.68. The summed E-state index contributed by atoms with van der Waals surface area (Å²) in [5.74, 6) is 1.23. The molecule has 0 saturated carbocycles. The van der Waals surface area contributed by atoms with Crippen molar-refractivity contribution in [2.75, 3.05) is 20.2 Å². The Hall–Kier alpha value is -1.09. The molecule has 0 aliphatic carbocycles. The molecule has 1 aliphatic rings. The van der Waals surface area contributed by atoms with Gasteiger partial charge >= 0.3 is 0 Å². The summed E-state index contributed by atoms with van der Waals surface area (Å²) in [7, 11) is 1.62. The molecule has 1 unspecified atom stereocenters. The van der Waals surface area contributed by atoms with Crippen LogP contribution in [0, 0.1) is 18.7 Å². The standard InChI is InChI=1S/C14H20FNO/c1-10-6-13(17-2)8-12(14(10)15)7-11-4-3-5-16-9-11/h6,8,11,16H,3-5,7,9H2,1-2H3. The van der Waals surface area contributed by atoms with Gasteiger partial charge in [-0.15, -0.1) is 0 Å². The van der Waals surface area contributed by atoms with Gasteiger partial charge in [0.2, 0.25) is 0 Å². The Kier molecular flexibility index (Phi) is 4.00. The quantitative estimate of drug-likeness (QED) is 0.872. The third-order valence-corrected chi connectivity index (χ3v) is 3.45. The van der Waals surface area contributed by atoms with Crippen molar-refractivity contribution >= 4 is 0 Å². The summed E-state index contributed by atoms with van der Waals surface area (Å²) in [5.41, 5.74) is 1.46. The highest BCUT2D eigenvalue weighted by atomic mass is 19.1. The summed E-state index contributed by atoms with van der Waals surface area (Å²) in [5, 5.41) is 3.36. The molecule has 1 saturated heterocycles. The lowest BCUT2D eigenvalue weighted by atomic mass is 9.91. The minimum absolute atomic E-state index is 0.0728. The fraction of sp³-hybridized carbons (Fsp3) is 0.571. The first-order chi connectivity index (χ1) is 8.20. The first-order valence-corrected chi connectivity index (χ1v) is 6.24. The van der Waals surface area contributed by atoms with E-state index in [1.807, 2.05) is 6.07 Å². The number of benzene rings is 1. The second-order valence-corrected chi connectivity index (χ2v) is 4.83. The highest BCUT2D eigenvalue weighted by Crippen LogP contribution is 2.25. The van der Waals surface area contributed by atoms with E-state index >= 15 is 0 Å². The van der Waals surface area contributed by atoms with Crippen molar-refractivity contribution in [1.82, 2.24) is 5.32 Å². The summed E-state index contributed by atoms with van der Waals surface area (Å²) in [6.07, 6.45) is 3.18. The number of hydrogen-bond donors (Lipinski definition) is 1. The summed E-state index contributed by atoms with van der Waals surface area (Å²) in [6, 6.07) is 3.58. The van der Waals surface area contributed by atoms with E-state index in [0.717, 1.165) is 30.8 Å². The Balaban J connectivity index is 2.15. The van der Waals surface area contributed by atoms with E-state index in [2.05, 4.69) is 5.32 Å². The Morgan fingerprint density at radius 2 is 2.29 bits per heavy atom. The molecule has 1 atom stereocenters. The van der Waals surface area contributed by atoms with Crippen LogP contribution >= 0.6 is 0 Å². The average Bonchev–Trinajstić information content (AvgIpc) is 2.36. The van der Waals surface area contributed by atoms with Gasteiger partial charge in [-0.25, -0.2) is 4.39 Å². The molecule has 1 heterocycles. The van der Waals surface area contributed by atoms with Gasteiger partial charge in [0.25, 0.3) is 0 Å². The summed E-state index contributed by atoms with van der Waals surface area (Å²) >= 11 is 0. The zero-order valence-corrected chi connectivity index (χ0v) is 10.6. The maximum absolute atomic E-state index is 14.0. The highest BCUT2D eigenvalue weighted by Gasteiger charge is 2.17. The lowest BCUT2D eigenvalue weighted by Crippen LogP contribution is -2.31. The fourth-order valence-electron chi connectivity index (χ4n) is 2.48. The molecule has 0 radical (unpaired) electrons. The van der Waals surface area contributed by atoms with Gasteiger partial charge < -0.3 is 10.1 Å². The van der Waals surface area contributed by atoms with Gasteiger partial charge in [-0.2, -0.15) is 0 Å². The van der Waals surface area contributed by atoms with Gasteiger partial charge in [0.1, 0.15) is 11.6 Å². The van der Waals surface area contributed by atoms with Crippen molar-refractivity contribution in [2.24, 2.45) is 5.92 Å². The van der Waals surface area contributed by atoms with Crippen molar-refractivity contribution < 1.29 is 9.13 Å². The van der Waals surface area contributed by atoms with Crippen LogP contribution in [0.4, 0.5) is 4.39 Å². The minimum atomic E-state index is -0.0728. The minimum Gasteiger partial charge on any atom is -0.497 e. The fourth-order valence-corrected chi connectivity index (χ4v) is 2.48. The molecule has 0 amide bonds. The largest absolute Gasteiger partial charge is 0.497 e. The van der Waals surface area contributed by atoms with Crippen molar-refractivity contribution in [3.63, 3.8) is 0 Å². The van der Waals surface area contributed by atoms with Crippen molar-refractivity contribution in [2.45, 2.75) is 26.2 Å². The Labute approximate surface area is 102 Å². The van der Waals surface area contributed by atoms with Gasteiger partial charge in [-0.3, -0.25) is 0 Å². The molecule has 17 heavy (non-hydrogen) atoms. The van der Waals surface area contributed by atoms with Gasteiger partial charge in [0, 0.05) is 0 Å². The number of rotatable bonds is 3. The monoisotopic (exact) mass is 237 g/mol. The van der Waals surface area contributed by atoms with Crippen LogP contribution in [0.2, 0.25) is 0 Å². The van der Waals surface area contributed by atoms with Crippen LogP contribution in [0.1, 0.15) is 24.0 Å². The van der Waals surface area contributed by atoms with Gasteiger partial charge in [-0.05, 0) is 68.5 Å². The van der Waals surface area contributed by atoms with Crippen LogP contribution in [0.15, 0.2) is 12.1 Å². The molecule has 3 heteroatoms. The SMILES string of the molecule is COc1cc(C)c(F)c(CC2CCCNC2)c1. The molecule has 1 N–H and O–H groups in total. The highest BCUT2D eigenvalue weighted by molar-refractivity contribution is 5.35. The van der Waals surface area contributed by atoms with Crippen molar-refractivity contribution in [1.29, 1.82) is 0 Å². The van der Waals surface area contributed by atoms with Crippen LogP contribution in [-0.2, 0) is 6.42 Å². The van der Waals surface area contributed by atoms with E-state index < -0.39 is 0 Å². The van der Waals surface area contributed by atoms with E-state index in [0.29, 0.717) is 11.5 Å². The van der Waals surface area contributed by atoms with E-state index in [4.69, 9.17) is 4.74 Å². The molecule has 1 aromatic carbocycles. The van der Waals surface area contributed by atoms with Crippen molar-refractivity contribution in [3.05, 3.63) is 29.1 Å². The second kappa shape index (κ2) is 5.50. The normalized spacial score (nSPS) is 20.3. The topological polar surface area (TPSA) is 21.3 Å². The number of hydrogen-bond acceptors (Lipinski definition) is 2. The maximum Gasteiger partial charge on any atom is 0.129 e. The number of halogens is 1. The van der Waals surface area contributed by atoms with Crippen LogP contribution in [-0.4, -0.2) is 20.2 Å². The van der Waals surface area contributed by atoms with Crippen molar-refractivity contribution in [3.8, 4) is 5.75 Å². The zero-order valence-electron chi connectivity index (χ0n) is 10.6. The van der Waals surface area contributed by atoms with Crippen LogP contribution in [0.3, 0.4) is 0 Å². The first-order valence-electron chi connectivity index (χ1n) is 6.24. The molecule has 2 rings (SSSR count). The van der Waals surface area contributed by atoms with Crippen LogP contribution in [0.5, 0.6) is 5.75 Å². The molecule has 1 fully saturated rings. The molecule has 1 aromatic rings. The third kappa shape index (κ3) is 2.97. The van der Waals surface area contributed by atoms with E-state index in [9.17, 15) is 4.39 Å². The second-order valence-electron chi connectivity index (χ2n) is 4.83. The smallest absolute Gasteiger partial charge is 0.129 e. The van der Waals surface area contributed by atoms with E-state index in [1.165, 1.54) is 12.8 Å². The number of aryl methyl sites for hydroxylation is 1. The van der Waals surface area contributed by atoms with Gasteiger partial charge in [0.15, 0.2) is 0 Å². The molecular formula is C14H20FNO. The zero-order chi connectivity index (χ0) is 12.3. The number of piperidine rings is 1. The van der Waals surface area contributed by atoms with E-state index in [-0.39, 0.29) is 5.82 Å². The van der Waals surface area contributed by atoms with Gasteiger partial charge in [-0.1, -0.05) is 0 Å². The molecule has 0 bridgehead atoms. The number of methoxy groups -OCH3 is 1. The Morgan fingerprint density at radius 1 is 1.47 bits per heavy atom.